The molecule has 0 aromatic heterocycles. The quantitative estimate of drug-likeness (QED) is 0.780. The SMILES string of the molecule is C[C@H]1CNCCN1C(=O)c1ccc(CN2C(=O)CNC2=O)cc1.Cl. The van der Waals surface area contributed by atoms with Crippen molar-refractivity contribution in [1.82, 2.24) is 20.4 Å². The highest BCUT2D eigenvalue weighted by Gasteiger charge is 2.28. The molecule has 7 nitrogen and oxygen atoms in total. The van der Waals surface area contributed by atoms with E-state index in [1.165, 1.54) is 4.90 Å². The summed E-state index contributed by atoms with van der Waals surface area (Å²) in [5.41, 5.74) is 1.44. The molecule has 1 atom stereocenters. The zero-order valence-electron chi connectivity index (χ0n) is 13.4. The number of rotatable bonds is 3. The van der Waals surface area contributed by atoms with Crippen LogP contribution in [0, 0.1) is 0 Å². The number of carbonyl (C=O) groups excluding carboxylic acids is 3. The Kier molecular flexibility index (Phi) is 5.80. The summed E-state index contributed by atoms with van der Waals surface area (Å²) in [7, 11) is 0. The van der Waals surface area contributed by atoms with Gasteiger partial charge >= 0.3 is 6.03 Å². The number of nitrogens with one attached hydrogen (secondary N) is 2. The second kappa shape index (κ2) is 7.63. The van der Waals surface area contributed by atoms with Gasteiger partial charge in [-0.3, -0.25) is 14.5 Å². The average molecular weight is 353 g/mol. The summed E-state index contributed by atoms with van der Waals surface area (Å²) in [4.78, 5) is 38.7. The van der Waals surface area contributed by atoms with Gasteiger partial charge in [-0.05, 0) is 24.6 Å². The lowest BCUT2D eigenvalue weighted by molar-refractivity contribution is -0.125. The summed E-state index contributed by atoms with van der Waals surface area (Å²) < 4.78 is 0. The van der Waals surface area contributed by atoms with Gasteiger partial charge in [0, 0.05) is 31.2 Å². The molecule has 1 aromatic carbocycles. The van der Waals surface area contributed by atoms with Crippen molar-refractivity contribution in [2.45, 2.75) is 19.5 Å². The van der Waals surface area contributed by atoms with Gasteiger partial charge in [-0.25, -0.2) is 4.79 Å². The molecule has 0 unspecified atom stereocenters. The maximum Gasteiger partial charge on any atom is 0.324 e. The molecule has 2 saturated heterocycles. The molecule has 2 heterocycles. The van der Waals surface area contributed by atoms with E-state index in [4.69, 9.17) is 0 Å². The van der Waals surface area contributed by atoms with Gasteiger partial charge in [-0.15, -0.1) is 12.4 Å². The number of hydrogen-bond acceptors (Lipinski definition) is 4. The highest BCUT2D eigenvalue weighted by molar-refractivity contribution is 6.01. The van der Waals surface area contributed by atoms with Crippen LogP contribution in [0.25, 0.3) is 0 Å². The maximum absolute atomic E-state index is 12.5. The van der Waals surface area contributed by atoms with Gasteiger partial charge in [0.1, 0.15) is 0 Å². The van der Waals surface area contributed by atoms with E-state index in [1.54, 1.807) is 24.3 Å². The fourth-order valence-electron chi connectivity index (χ4n) is 2.86. The van der Waals surface area contributed by atoms with Crippen molar-refractivity contribution in [3.05, 3.63) is 35.4 Å². The summed E-state index contributed by atoms with van der Waals surface area (Å²) in [6.45, 7) is 4.61. The van der Waals surface area contributed by atoms with Crippen LogP contribution in [0.2, 0.25) is 0 Å². The van der Waals surface area contributed by atoms with E-state index in [0.29, 0.717) is 12.1 Å². The molecule has 2 aliphatic rings. The number of halogens is 1. The lowest BCUT2D eigenvalue weighted by atomic mass is 10.1. The minimum atomic E-state index is -0.371. The molecule has 0 saturated carbocycles. The molecule has 2 N–H and O–H groups in total. The predicted octanol–water partition coefficient (Wildman–Crippen LogP) is 0.594. The molecule has 3 rings (SSSR count). The summed E-state index contributed by atoms with van der Waals surface area (Å²) in [5.74, 6) is -0.217. The molecule has 1 aromatic rings. The third-order valence-corrected chi connectivity index (χ3v) is 4.24. The lowest BCUT2D eigenvalue weighted by Gasteiger charge is -2.34. The van der Waals surface area contributed by atoms with Gasteiger partial charge in [0.05, 0.1) is 13.1 Å². The van der Waals surface area contributed by atoms with E-state index < -0.39 is 0 Å². The van der Waals surface area contributed by atoms with E-state index in [1.807, 2.05) is 11.8 Å². The molecule has 4 amide bonds. The van der Waals surface area contributed by atoms with Gasteiger partial charge in [0.25, 0.3) is 5.91 Å². The van der Waals surface area contributed by atoms with Crippen LogP contribution in [0.15, 0.2) is 24.3 Å². The molecule has 2 fully saturated rings. The molecule has 0 radical (unpaired) electrons. The summed E-state index contributed by atoms with van der Waals surface area (Å²) in [6.07, 6.45) is 0. The third-order valence-electron chi connectivity index (χ3n) is 4.24. The predicted molar refractivity (Wildman–Crippen MR) is 91.0 cm³/mol. The molecular weight excluding hydrogens is 332 g/mol. The van der Waals surface area contributed by atoms with Crippen LogP contribution in [0.1, 0.15) is 22.8 Å². The number of amides is 4. The van der Waals surface area contributed by atoms with Gasteiger partial charge in [0.2, 0.25) is 5.91 Å². The highest BCUT2D eigenvalue weighted by Crippen LogP contribution is 2.14. The summed E-state index contributed by atoms with van der Waals surface area (Å²) >= 11 is 0. The number of benzene rings is 1. The standard InChI is InChI=1S/C16H20N4O3.ClH/c1-11-8-17-6-7-19(11)15(22)13-4-2-12(3-5-13)10-20-14(21)9-18-16(20)23;/h2-5,11,17H,6-10H2,1H3,(H,18,23);1H/t11-;/m0./s1. The van der Waals surface area contributed by atoms with E-state index in [2.05, 4.69) is 10.6 Å². The zero-order chi connectivity index (χ0) is 16.4. The minimum Gasteiger partial charge on any atom is -0.333 e. The molecule has 8 heteroatoms. The van der Waals surface area contributed by atoms with Crippen LogP contribution in [-0.4, -0.2) is 59.9 Å². The van der Waals surface area contributed by atoms with Crippen molar-refractivity contribution in [3.8, 4) is 0 Å². The van der Waals surface area contributed by atoms with Gasteiger partial charge < -0.3 is 15.5 Å². The molecule has 2 aliphatic heterocycles. The highest BCUT2D eigenvalue weighted by atomic mass is 35.5. The number of carbonyl (C=O) groups is 3. The maximum atomic E-state index is 12.5. The van der Waals surface area contributed by atoms with E-state index in [-0.39, 0.29) is 49.4 Å². The Hall–Kier alpha value is -2.12. The van der Waals surface area contributed by atoms with E-state index in [0.717, 1.165) is 18.7 Å². The van der Waals surface area contributed by atoms with Crippen LogP contribution < -0.4 is 10.6 Å². The lowest BCUT2D eigenvalue weighted by Crippen LogP contribution is -2.52. The third kappa shape index (κ3) is 3.68. The van der Waals surface area contributed by atoms with Crippen LogP contribution in [0.4, 0.5) is 4.79 Å². The molecule has 130 valence electrons. The first-order valence-corrected chi connectivity index (χ1v) is 7.75. The van der Waals surface area contributed by atoms with Crippen molar-refractivity contribution < 1.29 is 14.4 Å². The first-order valence-electron chi connectivity index (χ1n) is 7.75. The summed E-state index contributed by atoms with van der Waals surface area (Å²) in [6, 6.07) is 6.89. The Labute approximate surface area is 146 Å². The monoisotopic (exact) mass is 352 g/mol. The van der Waals surface area contributed by atoms with E-state index >= 15 is 0 Å². The van der Waals surface area contributed by atoms with Crippen molar-refractivity contribution in [2.24, 2.45) is 0 Å². The number of nitrogens with zero attached hydrogens (tertiary/aromatic N) is 2. The fourth-order valence-corrected chi connectivity index (χ4v) is 2.86. The minimum absolute atomic E-state index is 0. The van der Waals surface area contributed by atoms with Gasteiger partial charge in [0.15, 0.2) is 0 Å². The normalized spacial score (nSPS) is 20.6. The number of piperazine rings is 1. The number of urea groups is 1. The number of hydrogen-bond donors (Lipinski definition) is 2. The van der Waals surface area contributed by atoms with Crippen LogP contribution in [-0.2, 0) is 11.3 Å². The fraction of sp³-hybridized carbons (Fsp3) is 0.438. The van der Waals surface area contributed by atoms with Crippen molar-refractivity contribution >= 4 is 30.3 Å². The Balaban J connectivity index is 0.00000208. The Morgan fingerprint density at radius 1 is 1.25 bits per heavy atom. The smallest absolute Gasteiger partial charge is 0.324 e. The molecule has 0 bridgehead atoms. The van der Waals surface area contributed by atoms with Gasteiger partial charge in [-0.1, -0.05) is 12.1 Å². The Morgan fingerprint density at radius 2 is 1.96 bits per heavy atom. The molecule has 0 spiro atoms. The second-order valence-electron chi connectivity index (χ2n) is 5.89. The first-order chi connectivity index (χ1) is 11.1. The van der Waals surface area contributed by atoms with Crippen LogP contribution in [0.3, 0.4) is 0 Å². The molecule has 0 aliphatic carbocycles. The van der Waals surface area contributed by atoms with Gasteiger partial charge in [-0.2, -0.15) is 0 Å². The van der Waals surface area contributed by atoms with E-state index in [9.17, 15) is 14.4 Å². The topological polar surface area (TPSA) is 81.8 Å². The Morgan fingerprint density at radius 3 is 2.54 bits per heavy atom. The Bertz CT molecular complexity index is 619. The first kappa shape index (κ1) is 18.2. The van der Waals surface area contributed by atoms with Crippen molar-refractivity contribution in [2.75, 3.05) is 26.2 Å². The van der Waals surface area contributed by atoms with Crippen molar-refractivity contribution in [1.29, 1.82) is 0 Å². The van der Waals surface area contributed by atoms with Crippen LogP contribution in [0.5, 0.6) is 0 Å². The second-order valence-corrected chi connectivity index (χ2v) is 5.89. The largest absolute Gasteiger partial charge is 0.333 e. The molecule has 24 heavy (non-hydrogen) atoms. The number of imide groups is 1. The molecular formula is C16H21ClN4O3. The summed E-state index contributed by atoms with van der Waals surface area (Å²) in [5, 5.41) is 5.75. The van der Waals surface area contributed by atoms with Crippen LogP contribution >= 0.6 is 12.4 Å². The van der Waals surface area contributed by atoms with Crippen molar-refractivity contribution in [3.63, 3.8) is 0 Å². The average Bonchev–Trinajstić information content (AvgIpc) is 2.87. The zero-order valence-corrected chi connectivity index (χ0v) is 14.3.